The molecule has 3 unspecified atom stereocenters. The van der Waals surface area contributed by atoms with Crippen molar-refractivity contribution < 1.29 is 19.2 Å². The van der Waals surface area contributed by atoms with Crippen molar-refractivity contribution in [1.82, 2.24) is 0 Å². The van der Waals surface area contributed by atoms with Gasteiger partial charge in [-0.1, -0.05) is 91.8 Å². The normalized spacial score (nSPS) is 15.8. The summed E-state index contributed by atoms with van der Waals surface area (Å²) in [5.41, 5.74) is 3.14. The number of unbranched alkanes of at least 4 members (excludes halogenated alkanes) is 1. The minimum absolute atomic E-state index is 0.0460. The molecule has 216 valence electrons. The third-order valence-corrected chi connectivity index (χ3v) is 7.39. The van der Waals surface area contributed by atoms with Gasteiger partial charge in [0.25, 0.3) is 0 Å². The molecule has 0 radical (unpaired) electrons. The van der Waals surface area contributed by atoms with Gasteiger partial charge in [0, 0.05) is 24.3 Å². The van der Waals surface area contributed by atoms with Crippen molar-refractivity contribution in [3.8, 4) is 0 Å². The van der Waals surface area contributed by atoms with E-state index in [1.165, 1.54) is 26.2 Å². The van der Waals surface area contributed by atoms with Gasteiger partial charge in [-0.05, 0) is 68.9 Å². The molecule has 0 fully saturated rings. The standard InChI is InChI=1S/C23H32O3.C7H16.C4H8O/c1-5-8-18(20(6-2)21(25)11-16(4)24)12-17-13-19-10-7-9-15(3)23(19)22(26)14-17;1-4-5-6-7(2)3;1-3-4(2)5/h7,9-10,17-18,20H,5-6,8,11-14H2,1-4H3;7H,4-6H2,1-3H3;3H2,1-2H3. The first-order valence-corrected chi connectivity index (χ1v) is 15.0. The van der Waals surface area contributed by atoms with E-state index in [0.717, 1.165) is 54.7 Å². The number of hydrogen-bond acceptors (Lipinski definition) is 4. The second kappa shape index (κ2) is 19.9. The van der Waals surface area contributed by atoms with Gasteiger partial charge in [0.2, 0.25) is 0 Å². The number of carbonyl (C=O) groups is 4. The molecule has 0 heterocycles. The number of ketones is 4. The van der Waals surface area contributed by atoms with E-state index < -0.39 is 0 Å². The molecule has 1 aromatic rings. The van der Waals surface area contributed by atoms with Gasteiger partial charge in [0.1, 0.15) is 17.3 Å². The predicted molar refractivity (Wildman–Crippen MR) is 160 cm³/mol. The highest BCUT2D eigenvalue weighted by molar-refractivity contribution is 6.00. The van der Waals surface area contributed by atoms with Crippen LogP contribution in [0, 0.1) is 30.6 Å². The molecule has 0 amide bonds. The van der Waals surface area contributed by atoms with E-state index >= 15 is 0 Å². The van der Waals surface area contributed by atoms with Crippen LogP contribution in [0.15, 0.2) is 18.2 Å². The Hall–Kier alpha value is -2.10. The van der Waals surface area contributed by atoms with E-state index in [9.17, 15) is 19.2 Å². The largest absolute Gasteiger partial charge is 0.300 e. The number of carbonyl (C=O) groups excluding carboxylic acids is 4. The van der Waals surface area contributed by atoms with E-state index in [-0.39, 0.29) is 41.4 Å². The molecule has 0 spiro atoms. The lowest BCUT2D eigenvalue weighted by Crippen LogP contribution is -2.29. The van der Waals surface area contributed by atoms with Crippen LogP contribution in [0.5, 0.6) is 0 Å². The molecule has 2 rings (SSSR count). The number of benzene rings is 1. The first-order chi connectivity index (χ1) is 17.9. The molecule has 0 bridgehead atoms. The number of fused-ring (bicyclic) bond motifs is 1. The van der Waals surface area contributed by atoms with Gasteiger partial charge < -0.3 is 4.79 Å². The summed E-state index contributed by atoms with van der Waals surface area (Å²) in [6, 6.07) is 6.10. The molecule has 3 atom stereocenters. The van der Waals surface area contributed by atoms with Crippen molar-refractivity contribution >= 4 is 23.1 Å². The quantitative estimate of drug-likeness (QED) is 0.240. The Balaban J connectivity index is 0.000000949. The van der Waals surface area contributed by atoms with Crippen molar-refractivity contribution in [3.05, 3.63) is 34.9 Å². The average molecular weight is 529 g/mol. The van der Waals surface area contributed by atoms with Crippen LogP contribution in [0.1, 0.15) is 141 Å². The maximum Gasteiger partial charge on any atom is 0.163 e. The first-order valence-electron chi connectivity index (χ1n) is 15.0. The Morgan fingerprint density at radius 3 is 2.00 bits per heavy atom. The summed E-state index contributed by atoms with van der Waals surface area (Å²) in [6.45, 7) is 17.9. The SMILES string of the molecule is CCC(C)=O.CCCC(CC1CC(=O)c2c(C)cccc2C1)C(CC)C(=O)CC(C)=O.CCCCC(C)C. The highest BCUT2D eigenvalue weighted by Crippen LogP contribution is 2.36. The van der Waals surface area contributed by atoms with Gasteiger partial charge >= 0.3 is 0 Å². The van der Waals surface area contributed by atoms with E-state index in [1.807, 2.05) is 32.9 Å². The summed E-state index contributed by atoms with van der Waals surface area (Å²) in [4.78, 5) is 46.4. The zero-order valence-electron chi connectivity index (χ0n) is 26.0. The highest BCUT2D eigenvalue weighted by Gasteiger charge is 2.32. The summed E-state index contributed by atoms with van der Waals surface area (Å²) in [5, 5.41) is 0. The predicted octanol–water partition coefficient (Wildman–Crippen LogP) is 8.94. The molecule has 0 saturated carbocycles. The fourth-order valence-corrected chi connectivity index (χ4v) is 5.31. The van der Waals surface area contributed by atoms with E-state index in [4.69, 9.17) is 0 Å². The summed E-state index contributed by atoms with van der Waals surface area (Å²) in [6.07, 6.45) is 10.0. The minimum Gasteiger partial charge on any atom is -0.300 e. The van der Waals surface area contributed by atoms with Gasteiger partial charge in [0.05, 0.1) is 6.42 Å². The fourth-order valence-electron chi connectivity index (χ4n) is 5.31. The molecule has 1 aromatic carbocycles. The summed E-state index contributed by atoms with van der Waals surface area (Å²) in [7, 11) is 0. The molecule has 1 aliphatic rings. The van der Waals surface area contributed by atoms with Crippen LogP contribution >= 0.6 is 0 Å². The lowest BCUT2D eigenvalue weighted by atomic mass is 9.72. The Labute approximate surface area is 233 Å². The summed E-state index contributed by atoms with van der Waals surface area (Å²) in [5.74, 6) is 1.93. The van der Waals surface area contributed by atoms with E-state index in [1.54, 1.807) is 6.92 Å². The lowest BCUT2D eigenvalue weighted by Gasteiger charge is -2.31. The molecule has 4 nitrogen and oxygen atoms in total. The van der Waals surface area contributed by atoms with Crippen molar-refractivity contribution in [2.24, 2.45) is 23.7 Å². The van der Waals surface area contributed by atoms with Gasteiger partial charge in [-0.3, -0.25) is 14.4 Å². The van der Waals surface area contributed by atoms with Gasteiger partial charge in [-0.15, -0.1) is 0 Å². The van der Waals surface area contributed by atoms with Crippen LogP contribution in [-0.4, -0.2) is 23.1 Å². The summed E-state index contributed by atoms with van der Waals surface area (Å²) < 4.78 is 0. The second-order valence-corrected chi connectivity index (χ2v) is 11.5. The maximum atomic E-state index is 12.7. The van der Waals surface area contributed by atoms with Gasteiger partial charge in [0.15, 0.2) is 5.78 Å². The number of rotatable bonds is 13. The molecule has 0 N–H and O–H groups in total. The third kappa shape index (κ3) is 14.2. The molecule has 0 aliphatic heterocycles. The monoisotopic (exact) mass is 528 g/mol. The Morgan fingerprint density at radius 1 is 0.921 bits per heavy atom. The molecule has 1 aliphatic carbocycles. The topological polar surface area (TPSA) is 68.3 Å². The van der Waals surface area contributed by atoms with Crippen LogP contribution < -0.4 is 0 Å². The van der Waals surface area contributed by atoms with E-state index in [2.05, 4.69) is 33.8 Å². The zero-order chi connectivity index (χ0) is 29.3. The Bertz CT molecular complexity index is 867. The molecular weight excluding hydrogens is 472 g/mol. The molecule has 0 saturated heterocycles. The van der Waals surface area contributed by atoms with Crippen molar-refractivity contribution in [3.63, 3.8) is 0 Å². The second-order valence-electron chi connectivity index (χ2n) is 11.5. The zero-order valence-corrected chi connectivity index (χ0v) is 26.0. The van der Waals surface area contributed by atoms with Crippen molar-refractivity contribution in [2.45, 2.75) is 133 Å². The average Bonchev–Trinajstić information content (AvgIpc) is 2.83. The van der Waals surface area contributed by atoms with E-state index in [0.29, 0.717) is 18.8 Å². The minimum atomic E-state index is -0.0622. The molecule has 4 heteroatoms. The molecular formula is C34H56O4. The van der Waals surface area contributed by atoms with Crippen LogP contribution in [-0.2, 0) is 20.8 Å². The van der Waals surface area contributed by atoms with Crippen LogP contribution in [0.3, 0.4) is 0 Å². The van der Waals surface area contributed by atoms with Gasteiger partial charge in [-0.2, -0.15) is 0 Å². The van der Waals surface area contributed by atoms with Crippen molar-refractivity contribution in [2.75, 3.05) is 0 Å². The third-order valence-electron chi connectivity index (χ3n) is 7.39. The number of Topliss-reactive ketones (excluding diaryl/α,β-unsaturated/α-hetero) is 4. The maximum absolute atomic E-state index is 12.7. The van der Waals surface area contributed by atoms with Gasteiger partial charge in [-0.25, -0.2) is 0 Å². The smallest absolute Gasteiger partial charge is 0.163 e. The first kappa shape index (κ1) is 35.9. The van der Waals surface area contributed by atoms with Crippen LogP contribution in [0.25, 0.3) is 0 Å². The van der Waals surface area contributed by atoms with Crippen molar-refractivity contribution in [1.29, 1.82) is 0 Å². The van der Waals surface area contributed by atoms with Crippen LogP contribution in [0.4, 0.5) is 0 Å². The molecule has 0 aromatic heterocycles. The highest BCUT2D eigenvalue weighted by atomic mass is 16.1. The fraction of sp³-hybridized carbons (Fsp3) is 0.706. The molecule has 38 heavy (non-hydrogen) atoms. The lowest BCUT2D eigenvalue weighted by molar-refractivity contribution is -0.130. The summed E-state index contributed by atoms with van der Waals surface area (Å²) >= 11 is 0. The Kier molecular flexibility index (Phi) is 18.8. The van der Waals surface area contributed by atoms with Crippen LogP contribution in [0.2, 0.25) is 0 Å². The Morgan fingerprint density at radius 2 is 1.55 bits per heavy atom. The number of hydrogen-bond donors (Lipinski definition) is 0. The number of aryl methyl sites for hydroxylation is 1.